The number of hydrogen-bond acceptors (Lipinski definition) is 6. The maximum absolute atomic E-state index is 12.2. The van der Waals surface area contributed by atoms with E-state index < -0.39 is 5.97 Å². The molecular formula is C20H22N2O4S2. The average Bonchev–Trinajstić information content (AvgIpc) is 3.04. The summed E-state index contributed by atoms with van der Waals surface area (Å²) in [5.74, 6) is -0.156. The molecule has 1 heterocycles. The molecule has 0 spiro atoms. The van der Waals surface area contributed by atoms with Gasteiger partial charge in [0.15, 0.2) is 11.7 Å². The molecule has 148 valence electrons. The number of carbonyl (C=O) groups excluding carboxylic acids is 2. The summed E-state index contributed by atoms with van der Waals surface area (Å²) in [6.07, 6.45) is 3.94. The van der Waals surface area contributed by atoms with E-state index in [9.17, 15) is 9.59 Å². The molecule has 1 aliphatic carbocycles. The second kappa shape index (κ2) is 9.16. The quantitative estimate of drug-likeness (QED) is 0.571. The van der Waals surface area contributed by atoms with Crippen LogP contribution in [0, 0.1) is 6.92 Å². The highest BCUT2D eigenvalue weighted by molar-refractivity contribution is 7.80. The predicted octanol–water partition coefficient (Wildman–Crippen LogP) is 3.61. The number of nitrogens with one attached hydrogen (secondary N) is 2. The Morgan fingerprint density at radius 1 is 1.18 bits per heavy atom. The molecule has 0 atom stereocenters. The van der Waals surface area contributed by atoms with E-state index in [1.54, 1.807) is 12.1 Å². The summed E-state index contributed by atoms with van der Waals surface area (Å²) >= 11 is 6.73. The molecule has 0 saturated carbocycles. The molecule has 2 aromatic rings. The van der Waals surface area contributed by atoms with E-state index in [-0.39, 0.29) is 17.6 Å². The van der Waals surface area contributed by atoms with Gasteiger partial charge < -0.3 is 14.8 Å². The van der Waals surface area contributed by atoms with Gasteiger partial charge in [-0.3, -0.25) is 10.1 Å². The van der Waals surface area contributed by atoms with E-state index >= 15 is 0 Å². The van der Waals surface area contributed by atoms with Crippen molar-refractivity contribution < 1.29 is 19.1 Å². The standard InChI is InChI=1S/C20H22N2O4S2/c1-12-7-9-13(10-8-12)26-11-16(23)21-20(27)22-18-17(19(24)25-2)14-5-3-4-6-15(14)28-18/h7-10H,3-6,11H2,1-2H3,(H2,21,22,23,27). The van der Waals surface area contributed by atoms with Gasteiger partial charge in [-0.2, -0.15) is 0 Å². The molecule has 0 aliphatic heterocycles. The summed E-state index contributed by atoms with van der Waals surface area (Å²) in [6.45, 7) is 1.82. The van der Waals surface area contributed by atoms with E-state index in [4.69, 9.17) is 21.7 Å². The Hall–Kier alpha value is -2.45. The lowest BCUT2D eigenvalue weighted by molar-refractivity contribution is -0.121. The first kappa shape index (κ1) is 20.3. The number of ether oxygens (including phenoxy) is 2. The number of esters is 1. The van der Waals surface area contributed by atoms with Crippen LogP contribution in [0.5, 0.6) is 5.75 Å². The van der Waals surface area contributed by atoms with Crippen LogP contribution in [0.15, 0.2) is 24.3 Å². The van der Waals surface area contributed by atoms with Gasteiger partial charge in [0, 0.05) is 4.88 Å². The zero-order valence-corrected chi connectivity index (χ0v) is 17.4. The van der Waals surface area contributed by atoms with Crippen LogP contribution in [0.1, 0.15) is 39.2 Å². The molecule has 1 amide bonds. The molecule has 1 aliphatic rings. The molecule has 6 nitrogen and oxygen atoms in total. The number of aryl methyl sites for hydroxylation is 2. The molecule has 28 heavy (non-hydrogen) atoms. The Morgan fingerprint density at radius 3 is 2.61 bits per heavy atom. The zero-order valence-electron chi connectivity index (χ0n) is 15.8. The third-order valence-electron chi connectivity index (χ3n) is 4.43. The number of amides is 1. The first-order valence-corrected chi connectivity index (χ1v) is 10.2. The van der Waals surface area contributed by atoms with Crippen LogP contribution >= 0.6 is 23.6 Å². The topological polar surface area (TPSA) is 76.7 Å². The number of benzene rings is 1. The van der Waals surface area contributed by atoms with Gasteiger partial charge in [-0.1, -0.05) is 17.7 Å². The fourth-order valence-corrected chi connectivity index (χ4v) is 4.61. The largest absolute Gasteiger partial charge is 0.484 e. The fourth-order valence-electron chi connectivity index (χ4n) is 3.05. The van der Waals surface area contributed by atoms with E-state index in [1.807, 2.05) is 19.1 Å². The Kier molecular flexibility index (Phi) is 6.64. The lowest BCUT2D eigenvalue weighted by atomic mass is 9.95. The van der Waals surface area contributed by atoms with Crippen molar-refractivity contribution in [3.8, 4) is 5.75 Å². The van der Waals surface area contributed by atoms with Crippen molar-refractivity contribution in [2.75, 3.05) is 19.0 Å². The monoisotopic (exact) mass is 418 g/mol. The highest BCUT2D eigenvalue weighted by Gasteiger charge is 2.26. The normalized spacial score (nSPS) is 12.6. The van der Waals surface area contributed by atoms with Gasteiger partial charge >= 0.3 is 5.97 Å². The highest BCUT2D eigenvalue weighted by atomic mass is 32.1. The van der Waals surface area contributed by atoms with E-state index in [2.05, 4.69) is 10.6 Å². The summed E-state index contributed by atoms with van der Waals surface area (Å²) in [6, 6.07) is 7.43. The Balaban J connectivity index is 1.61. The maximum atomic E-state index is 12.2. The van der Waals surface area contributed by atoms with Crippen molar-refractivity contribution >= 4 is 45.5 Å². The summed E-state index contributed by atoms with van der Waals surface area (Å²) in [7, 11) is 1.36. The van der Waals surface area contributed by atoms with Gasteiger partial charge in [0.25, 0.3) is 5.91 Å². The average molecular weight is 419 g/mol. The van der Waals surface area contributed by atoms with Crippen LogP contribution in [0.2, 0.25) is 0 Å². The SMILES string of the molecule is COC(=O)c1c(NC(=S)NC(=O)COc2ccc(C)cc2)sc2c1CCCC2. The number of methoxy groups -OCH3 is 1. The number of thiophene rings is 1. The van der Waals surface area contributed by atoms with Crippen LogP contribution in [0.25, 0.3) is 0 Å². The van der Waals surface area contributed by atoms with Crippen LogP contribution in [0.3, 0.4) is 0 Å². The lowest BCUT2D eigenvalue weighted by Crippen LogP contribution is -2.37. The number of hydrogen-bond donors (Lipinski definition) is 2. The molecule has 0 radical (unpaired) electrons. The smallest absolute Gasteiger partial charge is 0.341 e. The van der Waals surface area contributed by atoms with Gasteiger partial charge in [-0.05, 0) is 62.5 Å². The third-order valence-corrected chi connectivity index (χ3v) is 5.84. The number of carbonyl (C=O) groups is 2. The van der Waals surface area contributed by atoms with Crippen LogP contribution < -0.4 is 15.4 Å². The van der Waals surface area contributed by atoms with Crippen molar-refractivity contribution in [1.29, 1.82) is 0 Å². The van der Waals surface area contributed by atoms with Crippen LogP contribution in [0.4, 0.5) is 5.00 Å². The van der Waals surface area contributed by atoms with Crippen LogP contribution in [-0.2, 0) is 22.4 Å². The minimum Gasteiger partial charge on any atom is -0.484 e. The molecule has 2 N–H and O–H groups in total. The molecule has 3 rings (SSSR count). The van der Waals surface area contributed by atoms with Crippen molar-refractivity contribution in [3.63, 3.8) is 0 Å². The van der Waals surface area contributed by atoms with Crippen molar-refractivity contribution in [1.82, 2.24) is 5.32 Å². The Labute approximate surface area is 173 Å². The van der Waals surface area contributed by atoms with Crippen molar-refractivity contribution in [2.24, 2.45) is 0 Å². The predicted molar refractivity (Wildman–Crippen MR) is 113 cm³/mol. The van der Waals surface area contributed by atoms with Gasteiger partial charge in [-0.15, -0.1) is 11.3 Å². The number of fused-ring (bicyclic) bond motifs is 1. The summed E-state index contributed by atoms with van der Waals surface area (Å²) < 4.78 is 10.4. The summed E-state index contributed by atoms with van der Waals surface area (Å²) in [5.41, 5.74) is 2.67. The molecule has 8 heteroatoms. The van der Waals surface area contributed by atoms with Gasteiger partial charge in [-0.25, -0.2) is 4.79 Å². The maximum Gasteiger partial charge on any atom is 0.341 e. The van der Waals surface area contributed by atoms with E-state index in [1.165, 1.54) is 23.3 Å². The molecule has 1 aromatic carbocycles. The minimum atomic E-state index is -0.390. The Morgan fingerprint density at radius 2 is 1.89 bits per heavy atom. The fraction of sp³-hybridized carbons (Fsp3) is 0.350. The zero-order chi connectivity index (χ0) is 20.1. The molecule has 0 unspecified atom stereocenters. The molecule has 1 aromatic heterocycles. The first-order valence-electron chi connectivity index (χ1n) is 9.01. The second-order valence-electron chi connectivity index (χ2n) is 6.51. The molecule has 0 bridgehead atoms. The minimum absolute atomic E-state index is 0.126. The highest BCUT2D eigenvalue weighted by Crippen LogP contribution is 2.38. The van der Waals surface area contributed by atoms with E-state index in [0.29, 0.717) is 16.3 Å². The van der Waals surface area contributed by atoms with E-state index in [0.717, 1.165) is 36.8 Å². The molecule has 0 saturated heterocycles. The second-order valence-corrected chi connectivity index (χ2v) is 8.02. The number of thiocarbonyl (C=S) groups is 1. The van der Waals surface area contributed by atoms with Gasteiger partial charge in [0.1, 0.15) is 10.8 Å². The summed E-state index contributed by atoms with van der Waals surface area (Å²) in [4.78, 5) is 25.5. The molecule has 0 fully saturated rings. The van der Waals surface area contributed by atoms with Crippen LogP contribution in [-0.4, -0.2) is 30.7 Å². The van der Waals surface area contributed by atoms with Gasteiger partial charge in [0.2, 0.25) is 0 Å². The van der Waals surface area contributed by atoms with Gasteiger partial charge in [0.05, 0.1) is 12.7 Å². The lowest BCUT2D eigenvalue weighted by Gasteiger charge is -2.12. The summed E-state index contributed by atoms with van der Waals surface area (Å²) in [5, 5.41) is 6.31. The Bertz CT molecular complexity index is 890. The van der Waals surface area contributed by atoms with Crippen molar-refractivity contribution in [2.45, 2.75) is 32.6 Å². The van der Waals surface area contributed by atoms with Crippen molar-refractivity contribution in [3.05, 3.63) is 45.8 Å². The third kappa shape index (κ3) is 4.88. The number of anilines is 1. The number of rotatable bonds is 5. The first-order chi connectivity index (χ1) is 13.5. The molecular weight excluding hydrogens is 396 g/mol.